The van der Waals surface area contributed by atoms with E-state index < -0.39 is 10.9 Å². The predicted octanol–water partition coefficient (Wildman–Crippen LogP) is 2.58. The smallest absolute Gasteiger partial charge is 0.335 e. The minimum atomic E-state index is -1.21. The summed E-state index contributed by atoms with van der Waals surface area (Å²) in [4.78, 5) is 21.2. The third-order valence-electron chi connectivity index (χ3n) is 2.71. The maximum Gasteiger partial charge on any atom is 0.335 e. The highest BCUT2D eigenvalue weighted by Crippen LogP contribution is 2.32. The molecule has 2 aromatic carbocycles. The van der Waals surface area contributed by atoms with Gasteiger partial charge in [0, 0.05) is 12.1 Å². The summed E-state index contributed by atoms with van der Waals surface area (Å²) in [6.07, 6.45) is 0. The number of carboxylic acid groups (broad SMARTS) is 1. The minimum absolute atomic E-state index is 0.117. The second kappa shape index (κ2) is 6.02. The Morgan fingerprint density at radius 2 is 2.00 bits per heavy atom. The van der Waals surface area contributed by atoms with Crippen LogP contribution < -0.4 is 4.74 Å². The lowest BCUT2D eigenvalue weighted by Gasteiger charge is -2.08. The van der Waals surface area contributed by atoms with Crippen LogP contribution in [0.25, 0.3) is 0 Å². The molecule has 0 saturated carbocycles. The molecule has 21 heavy (non-hydrogen) atoms. The molecule has 0 saturated heterocycles. The Morgan fingerprint density at radius 1 is 1.24 bits per heavy atom. The van der Waals surface area contributed by atoms with Gasteiger partial charge in [-0.25, -0.2) is 4.79 Å². The fraction of sp³-hybridized carbons (Fsp3) is 0.0714. The van der Waals surface area contributed by atoms with Gasteiger partial charge in [-0.1, -0.05) is 12.1 Å². The van der Waals surface area contributed by atoms with Gasteiger partial charge in [-0.15, -0.1) is 0 Å². The summed E-state index contributed by atoms with van der Waals surface area (Å²) < 4.78 is 5.39. The zero-order valence-electron chi connectivity index (χ0n) is 10.7. The first-order valence-corrected chi connectivity index (χ1v) is 5.90. The molecule has 7 nitrogen and oxygen atoms in total. The van der Waals surface area contributed by atoms with Gasteiger partial charge < -0.3 is 14.9 Å². The number of ether oxygens (including phenoxy) is 1. The summed E-state index contributed by atoms with van der Waals surface area (Å²) in [5.74, 6) is -1.11. The highest BCUT2D eigenvalue weighted by molar-refractivity contribution is 5.88. The molecular weight excluding hydrogens is 278 g/mol. The first-order chi connectivity index (χ1) is 10.0. The van der Waals surface area contributed by atoms with Crippen molar-refractivity contribution in [3.8, 4) is 11.5 Å². The van der Waals surface area contributed by atoms with Gasteiger partial charge in [-0.2, -0.15) is 0 Å². The number of carbonyl (C=O) groups is 1. The molecular formula is C14H11NO6. The van der Waals surface area contributed by atoms with E-state index in [1.165, 1.54) is 6.07 Å². The van der Waals surface area contributed by atoms with E-state index in [9.17, 15) is 14.9 Å². The lowest BCUT2D eigenvalue weighted by Crippen LogP contribution is -1.99. The molecule has 2 N–H and O–H groups in total. The van der Waals surface area contributed by atoms with Crippen LogP contribution in [0.1, 0.15) is 15.9 Å². The molecule has 0 fully saturated rings. The maximum absolute atomic E-state index is 11.0. The molecule has 0 aliphatic heterocycles. The zero-order valence-corrected chi connectivity index (χ0v) is 10.7. The van der Waals surface area contributed by atoms with E-state index in [2.05, 4.69) is 0 Å². The minimum Gasteiger partial charge on any atom is -0.478 e. The van der Waals surface area contributed by atoms with E-state index in [1.54, 1.807) is 18.2 Å². The predicted molar refractivity (Wildman–Crippen MR) is 72.5 cm³/mol. The van der Waals surface area contributed by atoms with Crippen molar-refractivity contribution >= 4 is 11.7 Å². The second-order valence-electron chi connectivity index (χ2n) is 4.15. The van der Waals surface area contributed by atoms with Crippen molar-refractivity contribution in [2.75, 3.05) is 0 Å². The van der Waals surface area contributed by atoms with Gasteiger partial charge in [0.1, 0.15) is 5.75 Å². The molecule has 2 rings (SSSR count). The van der Waals surface area contributed by atoms with E-state index in [1.807, 2.05) is 0 Å². The number of aromatic carboxylic acids is 1. The number of benzene rings is 2. The van der Waals surface area contributed by atoms with Gasteiger partial charge in [0.15, 0.2) is 0 Å². The van der Waals surface area contributed by atoms with Crippen molar-refractivity contribution < 1.29 is 24.7 Å². The largest absolute Gasteiger partial charge is 0.478 e. The molecule has 0 bridgehead atoms. The SMILES string of the molecule is O=C(O)c1ccc([N+](=O)[O-])c(Oc2cccc(CO)c2)c1. The molecule has 2 aromatic rings. The number of hydrogen-bond acceptors (Lipinski definition) is 5. The summed E-state index contributed by atoms with van der Waals surface area (Å²) in [6.45, 7) is -0.200. The van der Waals surface area contributed by atoms with Crippen molar-refractivity contribution in [3.63, 3.8) is 0 Å². The van der Waals surface area contributed by atoms with E-state index in [-0.39, 0.29) is 29.4 Å². The Morgan fingerprint density at radius 3 is 2.62 bits per heavy atom. The van der Waals surface area contributed by atoms with Gasteiger partial charge in [-0.3, -0.25) is 10.1 Å². The number of hydrogen-bond donors (Lipinski definition) is 2. The van der Waals surface area contributed by atoms with Crippen LogP contribution in [0.5, 0.6) is 11.5 Å². The van der Waals surface area contributed by atoms with Crippen LogP contribution in [-0.2, 0) is 6.61 Å². The van der Waals surface area contributed by atoms with Gasteiger partial charge in [-0.05, 0) is 23.8 Å². The topological polar surface area (TPSA) is 110 Å². The zero-order chi connectivity index (χ0) is 15.4. The second-order valence-corrected chi connectivity index (χ2v) is 4.15. The van der Waals surface area contributed by atoms with E-state index in [4.69, 9.17) is 14.9 Å². The molecule has 0 aliphatic carbocycles. The molecule has 0 aromatic heterocycles. The third kappa shape index (κ3) is 3.34. The number of nitro groups is 1. The Hall–Kier alpha value is -2.93. The summed E-state index contributed by atoms with van der Waals surface area (Å²) >= 11 is 0. The summed E-state index contributed by atoms with van der Waals surface area (Å²) in [5, 5.41) is 28.9. The average Bonchev–Trinajstić information content (AvgIpc) is 2.47. The highest BCUT2D eigenvalue weighted by atomic mass is 16.6. The third-order valence-corrected chi connectivity index (χ3v) is 2.71. The summed E-state index contributed by atoms with van der Waals surface area (Å²) in [5.41, 5.74) is 0.118. The van der Waals surface area contributed by atoms with Crippen molar-refractivity contribution in [1.82, 2.24) is 0 Å². The first kappa shape index (κ1) is 14.5. The number of aliphatic hydroxyl groups excluding tert-OH is 1. The molecule has 0 aliphatic rings. The van der Waals surface area contributed by atoms with E-state index >= 15 is 0 Å². The van der Waals surface area contributed by atoms with Crippen molar-refractivity contribution in [1.29, 1.82) is 0 Å². The van der Waals surface area contributed by atoms with Crippen LogP contribution in [0.15, 0.2) is 42.5 Å². The van der Waals surface area contributed by atoms with Crippen LogP contribution in [0.3, 0.4) is 0 Å². The van der Waals surface area contributed by atoms with Crippen LogP contribution in [0.2, 0.25) is 0 Å². The van der Waals surface area contributed by atoms with Crippen LogP contribution in [0.4, 0.5) is 5.69 Å². The molecule has 7 heteroatoms. The van der Waals surface area contributed by atoms with Crippen molar-refractivity contribution in [2.45, 2.75) is 6.61 Å². The standard InChI is InChI=1S/C14H11NO6/c16-8-9-2-1-3-11(6-9)21-13-7-10(14(17)18)4-5-12(13)15(19)20/h1-7,16H,8H2,(H,17,18). The van der Waals surface area contributed by atoms with Crippen LogP contribution in [0, 0.1) is 10.1 Å². The normalized spacial score (nSPS) is 10.1. The van der Waals surface area contributed by atoms with Gasteiger partial charge in [0.2, 0.25) is 5.75 Å². The molecule has 0 atom stereocenters. The number of aliphatic hydroxyl groups is 1. The quantitative estimate of drug-likeness (QED) is 0.646. The number of rotatable bonds is 5. The fourth-order valence-corrected chi connectivity index (χ4v) is 1.71. The van der Waals surface area contributed by atoms with Gasteiger partial charge in [0.25, 0.3) is 0 Å². The first-order valence-electron chi connectivity index (χ1n) is 5.90. The van der Waals surface area contributed by atoms with Crippen molar-refractivity contribution in [2.24, 2.45) is 0 Å². The van der Waals surface area contributed by atoms with E-state index in [0.29, 0.717) is 5.56 Å². The van der Waals surface area contributed by atoms with Crippen LogP contribution in [-0.4, -0.2) is 21.1 Å². The number of nitrogens with zero attached hydrogens (tertiary/aromatic N) is 1. The van der Waals surface area contributed by atoms with Gasteiger partial charge >= 0.3 is 11.7 Å². The molecule has 0 heterocycles. The van der Waals surface area contributed by atoms with E-state index in [0.717, 1.165) is 18.2 Å². The Bertz CT molecular complexity index is 698. The number of carboxylic acids is 1. The Balaban J connectivity index is 2.42. The number of nitro benzene ring substituents is 1. The summed E-state index contributed by atoms with van der Waals surface area (Å²) in [6, 6.07) is 9.65. The monoisotopic (exact) mass is 289 g/mol. The molecule has 0 amide bonds. The van der Waals surface area contributed by atoms with Crippen LogP contribution >= 0.6 is 0 Å². The van der Waals surface area contributed by atoms with Gasteiger partial charge in [0.05, 0.1) is 17.1 Å². The molecule has 0 radical (unpaired) electrons. The fourth-order valence-electron chi connectivity index (χ4n) is 1.71. The Labute approximate surface area is 119 Å². The molecule has 0 unspecified atom stereocenters. The molecule has 108 valence electrons. The lowest BCUT2D eigenvalue weighted by molar-refractivity contribution is -0.385. The van der Waals surface area contributed by atoms with Crippen molar-refractivity contribution in [3.05, 3.63) is 63.7 Å². The lowest BCUT2D eigenvalue weighted by atomic mass is 10.2. The molecule has 0 spiro atoms. The summed E-state index contributed by atoms with van der Waals surface area (Å²) in [7, 11) is 0. The Kier molecular flexibility index (Phi) is 4.15. The average molecular weight is 289 g/mol. The maximum atomic E-state index is 11.0. The highest BCUT2D eigenvalue weighted by Gasteiger charge is 2.18.